The van der Waals surface area contributed by atoms with Crippen LogP contribution in [-0.4, -0.2) is 36.6 Å². The number of nitrogens with two attached hydrogens (primary N) is 1. The van der Waals surface area contributed by atoms with Gasteiger partial charge in [-0.05, 0) is 18.9 Å². The molecule has 8 heteroatoms. The Balaban J connectivity index is 2.92. The molecule has 7 nitrogen and oxygen atoms in total. The summed E-state index contributed by atoms with van der Waals surface area (Å²) >= 11 is 0. The zero-order chi connectivity index (χ0) is 14.8. The van der Waals surface area contributed by atoms with Crippen LogP contribution in [0, 0.1) is 5.92 Å². The number of carbonyl (C=O) groups excluding carboxylic acids is 1. The molecular formula is C11H19N3O4S. The van der Waals surface area contributed by atoms with Gasteiger partial charge in [0.05, 0.1) is 0 Å². The topological polar surface area (TPSA) is 114 Å². The van der Waals surface area contributed by atoms with E-state index in [2.05, 4.69) is 5.32 Å². The monoisotopic (exact) mass is 289 g/mol. The number of primary sulfonamides is 1. The zero-order valence-electron chi connectivity index (χ0n) is 11.1. The van der Waals surface area contributed by atoms with Crippen LogP contribution in [0.15, 0.2) is 17.2 Å². The fourth-order valence-corrected chi connectivity index (χ4v) is 2.08. The summed E-state index contributed by atoms with van der Waals surface area (Å²) in [7, 11) is -2.27. The highest BCUT2D eigenvalue weighted by Crippen LogP contribution is 2.12. The van der Waals surface area contributed by atoms with E-state index in [-0.39, 0.29) is 29.2 Å². The lowest BCUT2D eigenvalue weighted by atomic mass is 10.1. The molecule has 1 amide bonds. The minimum atomic E-state index is -3.83. The van der Waals surface area contributed by atoms with Gasteiger partial charge in [-0.2, -0.15) is 0 Å². The first-order chi connectivity index (χ1) is 8.66. The van der Waals surface area contributed by atoms with E-state index in [0.29, 0.717) is 0 Å². The van der Waals surface area contributed by atoms with Crippen molar-refractivity contribution in [3.63, 3.8) is 0 Å². The number of aromatic nitrogens is 1. The second-order valence-corrected chi connectivity index (χ2v) is 6.20. The van der Waals surface area contributed by atoms with Crippen LogP contribution in [0.25, 0.3) is 0 Å². The Labute approximate surface area is 112 Å². The predicted octanol–water partition coefficient (Wildman–Crippen LogP) is -0.581. The quantitative estimate of drug-likeness (QED) is 0.672. The number of rotatable bonds is 5. The van der Waals surface area contributed by atoms with Gasteiger partial charge < -0.3 is 15.0 Å². The molecule has 0 fully saturated rings. The molecule has 0 saturated heterocycles. The second-order valence-electron chi connectivity index (χ2n) is 4.64. The molecule has 0 aromatic carbocycles. The van der Waals surface area contributed by atoms with Crippen molar-refractivity contribution in [1.82, 2.24) is 9.88 Å². The van der Waals surface area contributed by atoms with Gasteiger partial charge in [0.1, 0.15) is 10.6 Å². The summed E-state index contributed by atoms with van der Waals surface area (Å²) in [4.78, 5) is 11.9. The average Bonchev–Trinajstić information content (AvgIpc) is 2.69. The van der Waals surface area contributed by atoms with Gasteiger partial charge in [-0.15, -0.1) is 0 Å². The number of hydrogen-bond acceptors (Lipinski definition) is 4. The lowest BCUT2D eigenvalue weighted by molar-refractivity contribution is 0.0908. The molecule has 4 N–H and O–H groups in total. The number of amides is 1. The number of nitrogens with one attached hydrogen (secondary N) is 1. The van der Waals surface area contributed by atoms with Crippen LogP contribution in [0.5, 0.6) is 0 Å². The number of carbonyl (C=O) groups is 1. The van der Waals surface area contributed by atoms with Crippen molar-refractivity contribution in [2.24, 2.45) is 18.1 Å². The minimum Gasteiger partial charge on any atom is -0.396 e. The highest BCUT2D eigenvalue weighted by atomic mass is 32.2. The van der Waals surface area contributed by atoms with Crippen molar-refractivity contribution < 1.29 is 18.3 Å². The van der Waals surface area contributed by atoms with Gasteiger partial charge in [-0.25, -0.2) is 13.6 Å². The molecular weight excluding hydrogens is 270 g/mol. The Hall–Kier alpha value is -1.38. The maximum atomic E-state index is 12.0. The van der Waals surface area contributed by atoms with Crippen molar-refractivity contribution in [2.45, 2.75) is 24.8 Å². The van der Waals surface area contributed by atoms with Gasteiger partial charge in [0.15, 0.2) is 0 Å². The second kappa shape index (κ2) is 5.72. The molecule has 0 aliphatic carbocycles. The number of aryl methyl sites for hydroxylation is 1. The van der Waals surface area contributed by atoms with E-state index in [0.717, 1.165) is 0 Å². The van der Waals surface area contributed by atoms with Crippen molar-refractivity contribution in [1.29, 1.82) is 0 Å². The molecule has 0 bridgehead atoms. The summed E-state index contributed by atoms with van der Waals surface area (Å²) < 4.78 is 23.8. The van der Waals surface area contributed by atoms with Crippen LogP contribution >= 0.6 is 0 Å². The molecule has 0 radical (unpaired) electrons. The smallest absolute Gasteiger partial charge is 0.268 e. The van der Waals surface area contributed by atoms with Crippen LogP contribution in [0.1, 0.15) is 24.3 Å². The summed E-state index contributed by atoms with van der Waals surface area (Å²) in [5.74, 6) is -0.507. The van der Waals surface area contributed by atoms with E-state index in [1.54, 1.807) is 20.9 Å². The Morgan fingerprint density at radius 2 is 2.11 bits per heavy atom. The summed E-state index contributed by atoms with van der Waals surface area (Å²) in [5, 5.41) is 16.7. The Morgan fingerprint density at radius 3 is 2.53 bits per heavy atom. The lowest BCUT2D eigenvalue weighted by Gasteiger charge is -2.19. The average molecular weight is 289 g/mol. The normalized spacial score (nSPS) is 15.0. The molecule has 0 saturated carbocycles. The van der Waals surface area contributed by atoms with E-state index < -0.39 is 15.9 Å². The summed E-state index contributed by atoms with van der Waals surface area (Å²) in [6, 6.07) is 0.992. The third kappa shape index (κ3) is 3.79. The van der Waals surface area contributed by atoms with E-state index >= 15 is 0 Å². The van der Waals surface area contributed by atoms with Crippen molar-refractivity contribution in [2.75, 3.05) is 6.61 Å². The fourth-order valence-electron chi connectivity index (χ4n) is 1.50. The summed E-state index contributed by atoms with van der Waals surface area (Å²) in [6.07, 6.45) is 1.28. The Kier molecular flexibility index (Phi) is 4.72. The summed E-state index contributed by atoms with van der Waals surface area (Å²) in [6.45, 7) is 3.52. The van der Waals surface area contributed by atoms with Crippen molar-refractivity contribution in [3.8, 4) is 0 Å². The zero-order valence-corrected chi connectivity index (χ0v) is 11.9. The van der Waals surface area contributed by atoms with Gasteiger partial charge in [-0.3, -0.25) is 4.79 Å². The summed E-state index contributed by atoms with van der Waals surface area (Å²) in [5.41, 5.74) is 0.195. The van der Waals surface area contributed by atoms with Crippen LogP contribution in [0.4, 0.5) is 0 Å². The molecule has 108 valence electrons. The molecule has 19 heavy (non-hydrogen) atoms. The lowest BCUT2D eigenvalue weighted by Crippen LogP contribution is -2.39. The molecule has 0 aliphatic rings. The van der Waals surface area contributed by atoms with Gasteiger partial charge in [0.2, 0.25) is 10.0 Å². The molecule has 0 spiro atoms. The van der Waals surface area contributed by atoms with Crippen LogP contribution < -0.4 is 10.5 Å². The molecule has 1 aromatic heterocycles. The van der Waals surface area contributed by atoms with E-state index in [9.17, 15) is 13.2 Å². The van der Waals surface area contributed by atoms with E-state index in [4.69, 9.17) is 10.2 Å². The van der Waals surface area contributed by atoms with Crippen molar-refractivity contribution >= 4 is 15.9 Å². The van der Waals surface area contributed by atoms with Crippen LogP contribution in [-0.2, 0) is 17.1 Å². The van der Waals surface area contributed by atoms with Gasteiger partial charge in [0.25, 0.3) is 5.91 Å². The molecule has 0 aliphatic heterocycles. The first-order valence-corrected chi connectivity index (χ1v) is 7.32. The Morgan fingerprint density at radius 1 is 1.53 bits per heavy atom. The first-order valence-electron chi connectivity index (χ1n) is 5.77. The largest absolute Gasteiger partial charge is 0.396 e. The van der Waals surface area contributed by atoms with Crippen LogP contribution in [0.3, 0.4) is 0 Å². The molecule has 1 aromatic rings. The third-order valence-corrected chi connectivity index (χ3v) is 3.92. The minimum absolute atomic E-state index is 0.0446. The van der Waals surface area contributed by atoms with Crippen molar-refractivity contribution in [3.05, 3.63) is 18.0 Å². The maximum absolute atomic E-state index is 12.0. The number of aliphatic hydroxyl groups excluding tert-OH is 1. The maximum Gasteiger partial charge on any atom is 0.268 e. The van der Waals surface area contributed by atoms with Gasteiger partial charge in [-0.1, -0.05) is 6.92 Å². The number of sulfonamides is 1. The van der Waals surface area contributed by atoms with Gasteiger partial charge in [0, 0.05) is 25.9 Å². The molecule has 2 unspecified atom stereocenters. The number of aliphatic hydroxyl groups is 1. The highest BCUT2D eigenvalue weighted by Gasteiger charge is 2.20. The van der Waals surface area contributed by atoms with E-state index in [1.807, 2.05) is 0 Å². The van der Waals surface area contributed by atoms with E-state index in [1.165, 1.54) is 16.8 Å². The van der Waals surface area contributed by atoms with Crippen LogP contribution in [0.2, 0.25) is 0 Å². The SMILES string of the molecule is CC(CO)C(C)NC(=O)c1cc(S(N)(=O)=O)cn1C. The highest BCUT2D eigenvalue weighted by molar-refractivity contribution is 7.89. The number of nitrogens with zero attached hydrogens (tertiary/aromatic N) is 1. The third-order valence-electron chi connectivity index (χ3n) is 3.04. The molecule has 2 atom stereocenters. The molecule has 1 rings (SSSR count). The Bertz CT molecular complexity index is 564. The predicted molar refractivity (Wildman–Crippen MR) is 70.0 cm³/mol. The fraction of sp³-hybridized carbons (Fsp3) is 0.545. The molecule has 1 heterocycles. The standard InChI is InChI=1S/C11H19N3O4S/c1-7(6-15)8(2)13-11(16)10-4-9(5-14(10)3)19(12,17)18/h4-5,7-8,15H,6H2,1-3H3,(H,13,16)(H2,12,17,18). The van der Waals surface area contributed by atoms with Gasteiger partial charge >= 0.3 is 0 Å². The first kappa shape index (κ1) is 15.7. The number of hydrogen-bond donors (Lipinski definition) is 3.